The van der Waals surface area contributed by atoms with Gasteiger partial charge in [-0.15, -0.1) is 0 Å². The van der Waals surface area contributed by atoms with Gasteiger partial charge >= 0.3 is 0 Å². The Morgan fingerprint density at radius 1 is 1.16 bits per heavy atom. The highest BCUT2D eigenvalue weighted by Gasteiger charge is 2.35. The number of rotatable bonds is 5. The number of benzene rings is 1. The van der Waals surface area contributed by atoms with Crippen molar-refractivity contribution in [1.29, 1.82) is 0 Å². The Labute approximate surface area is 228 Å². The minimum absolute atomic E-state index is 0.0231. The summed E-state index contributed by atoms with van der Waals surface area (Å²) >= 11 is 7.04. The summed E-state index contributed by atoms with van der Waals surface area (Å²) in [4.78, 5) is 30.5. The summed E-state index contributed by atoms with van der Waals surface area (Å²) in [6.07, 6.45) is 5.75. The molecular formula is C28H36ClN7O2. The highest BCUT2D eigenvalue weighted by molar-refractivity contribution is 6.36. The van der Waals surface area contributed by atoms with E-state index in [-0.39, 0.29) is 23.9 Å². The molecule has 0 bridgehead atoms. The van der Waals surface area contributed by atoms with Gasteiger partial charge in [-0.2, -0.15) is 10.2 Å². The molecule has 5 rings (SSSR count). The molecule has 0 saturated carbocycles. The Kier molecular flexibility index (Phi) is 7.22. The van der Waals surface area contributed by atoms with Crippen LogP contribution in [-0.2, 0) is 9.59 Å². The number of carbonyl (C=O) groups is 2. The average Bonchev–Trinajstić information content (AvgIpc) is 3.52. The predicted molar refractivity (Wildman–Crippen MR) is 151 cm³/mol. The topological polar surface area (TPSA) is 90.4 Å². The molecule has 202 valence electrons. The molecule has 4 heterocycles. The summed E-state index contributed by atoms with van der Waals surface area (Å²) in [5.41, 5.74) is 4.92. The molecule has 0 aliphatic carbocycles. The van der Waals surface area contributed by atoms with Crippen LogP contribution in [0, 0.1) is 13.8 Å². The number of aromatic amines is 1. The fourth-order valence-corrected chi connectivity index (χ4v) is 6.28. The first-order chi connectivity index (χ1) is 18.2. The van der Waals surface area contributed by atoms with E-state index in [1.54, 1.807) is 6.92 Å². The van der Waals surface area contributed by atoms with Crippen LogP contribution in [-0.4, -0.2) is 80.4 Å². The Morgan fingerprint density at radius 3 is 2.55 bits per heavy atom. The second-order valence-electron chi connectivity index (χ2n) is 10.4. The Bertz CT molecular complexity index is 1390. The van der Waals surface area contributed by atoms with Gasteiger partial charge in [0.15, 0.2) is 5.82 Å². The lowest BCUT2D eigenvalue weighted by atomic mass is 9.97. The summed E-state index contributed by atoms with van der Waals surface area (Å²) in [6, 6.07) is 2.34. The van der Waals surface area contributed by atoms with Crippen molar-refractivity contribution < 1.29 is 9.59 Å². The van der Waals surface area contributed by atoms with E-state index in [1.807, 2.05) is 29.0 Å². The third-order valence-corrected chi connectivity index (χ3v) is 8.70. The summed E-state index contributed by atoms with van der Waals surface area (Å²) in [7, 11) is 0. The smallest absolute Gasteiger partial charge is 0.245 e. The van der Waals surface area contributed by atoms with E-state index in [9.17, 15) is 9.59 Å². The van der Waals surface area contributed by atoms with E-state index in [0.717, 1.165) is 58.4 Å². The quantitative estimate of drug-likeness (QED) is 0.484. The molecule has 1 N–H and O–H groups in total. The maximum absolute atomic E-state index is 12.2. The first-order valence-electron chi connectivity index (χ1n) is 13.4. The summed E-state index contributed by atoms with van der Waals surface area (Å²) in [6.45, 7) is 14.9. The third kappa shape index (κ3) is 4.46. The first-order valence-corrected chi connectivity index (χ1v) is 13.8. The molecule has 1 aromatic carbocycles. The maximum atomic E-state index is 12.2. The molecule has 3 aromatic rings. The van der Waals surface area contributed by atoms with Gasteiger partial charge in [0.05, 0.1) is 22.8 Å². The molecule has 1 atom stereocenters. The number of hydrogen-bond donors (Lipinski definition) is 1. The molecule has 0 radical (unpaired) electrons. The van der Waals surface area contributed by atoms with Crippen LogP contribution >= 0.6 is 11.6 Å². The van der Waals surface area contributed by atoms with E-state index in [0.29, 0.717) is 37.7 Å². The monoisotopic (exact) mass is 537 g/mol. The Morgan fingerprint density at radius 2 is 1.89 bits per heavy atom. The highest BCUT2D eigenvalue weighted by Crippen LogP contribution is 2.45. The number of halogens is 1. The number of piperidine rings is 1. The van der Waals surface area contributed by atoms with Gasteiger partial charge in [-0.25, -0.2) is 0 Å². The number of hydrogen-bond acceptors (Lipinski definition) is 5. The SMILES string of the molecule is C=CC(=O)N1CCC(n2nc(N3CCN(C(C)=O)C[C@@H]3CC)c(-c3c(Cl)c(C)cc4[nH]ncc34)c2C)CC1. The van der Waals surface area contributed by atoms with E-state index < -0.39 is 0 Å². The lowest BCUT2D eigenvalue weighted by Crippen LogP contribution is -2.54. The number of fused-ring (bicyclic) bond motifs is 1. The van der Waals surface area contributed by atoms with Crippen molar-refractivity contribution in [2.75, 3.05) is 37.6 Å². The second kappa shape index (κ2) is 10.4. The van der Waals surface area contributed by atoms with Crippen LogP contribution in [0.4, 0.5) is 5.82 Å². The lowest BCUT2D eigenvalue weighted by molar-refractivity contribution is -0.129. The number of carbonyl (C=O) groups excluding carboxylic acids is 2. The standard InChI is InChI=1S/C28H36ClN7O2/c1-6-20-16-34(19(5)37)12-13-35(20)28-25(26-22-15-30-31-23(22)14-17(3)27(26)29)18(4)36(32-28)21-8-10-33(11-9-21)24(38)7-2/h7,14-15,20-21H,2,6,8-13,16H2,1,3-5H3,(H,30,31)/t20-/m0/s1. The number of likely N-dealkylation sites (tertiary alicyclic amines) is 1. The van der Waals surface area contributed by atoms with Crippen LogP contribution in [0.25, 0.3) is 22.0 Å². The van der Waals surface area contributed by atoms with Crippen molar-refractivity contribution in [3.8, 4) is 11.1 Å². The molecule has 2 aromatic heterocycles. The zero-order valence-electron chi connectivity index (χ0n) is 22.6. The zero-order valence-corrected chi connectivity index (χ0v) is 23.4. The number of H-pyrrole nitrogens is 1. The van der Waals surface area contributed by atoms with Crippen LogP contribution in [0.15, 0.2) is 24.9 Å². The predicted octanol–water partition coefficient (Wildman–Crippen LogP) is 4.49. The van der Waals surface area contributed by atoms with Crippen molar-refractivity contribution in [3.05, 3.63) is 41.2 Å². The molecule has 2 amide bonds. The van der Waals surface area contributed by atoms with Crippen molar-refractivity contribution in [1.82, 2.24) is 29.8 Å². The van der Waals surface area contributed by atoms with Crippen LogP contribution < -0.4 is 4.90 Å². The van der Waals surface area contributed by atoms with Gasteiger partial charge in [0, 0.05) is 67.9 Å². The number of nitrogens with one attached hydrogen (secondary N) is 1. The Hall–Kier alpha value is -3.33. The highest BCUT2D eigenvalue weighted by atomic mass is 35.5. The van der Waals surface area contributed by atoms with Gasteiger partial charge in [-0.1, -0.05) is 25.1 Å². The normalized spacial score (nSPS) is 18.9. The van der Waals surface area contributed by atoms with Crippen molar-refractivity contribution in [2.24, 2.45) is 0 Å². The number of amides is 2. The molecule has 10 heteroatoms. The minimum Gasteiger partial charge on any atom is -0.348 e. The van der Waals surface area contributed by atoms with Gasteiger partial charge in [0.1, 0.15) is 0 Å². The number of anilines is 1. The minimum atomic E-state index is -0.0231. The molecular weight excluding hydrogens is 502 g/mol. The Balaban J connectivity index is 1.64. The van der Waals surface area contributed by atoms with Crippen LogP contribution in [0.1, 0.15) is 50.4 Å². The molecule has 2 aliphatic heterocycles. The van der Waals surface area contributed by atoms with Crippen molar-refractivity contribution in [3.63, 3.8) is 0 Å². The van der Waals surface area contributed by atoms with Crippen LogP contribution in [0.2, 0.25) is 5.02 Å². The number of aromatic nitrogens is 4. The first kappa shape index (κ1) is 26.3. The van der Waals surface area contributed by atoms with E-state index in [1.165, 1.54) is 6.08 Å². The van der Waals surface area contributed by atoms with Crippen LogP contribution in [0.3, 0.4) is 0 Å². The fourth-order valence-electron chi connectivity index (χ4n) is 6.03. The molecule has 0 spiro atoms. The van der Waals surface area contributed by atoms with E-state index >= 15 is 0 Å². The van der Waals surface area contributed by atoms with Crippen LogP contribution in [0.5, 0.6) is 0 Å². The third-order valence-electron chi connectivity index (χ3n) is 8.21. The fraction of sp³-hybridized carbons (Fsp3) is 0.500. The molecule has 2 fully saturated rings. The van der Waals surface area contributed by atoms with Crippen molar-refractivity contribution in [2.45, 2.75) is 59.0 Å². The zero-order chi connectivity index (χ0) is 27.1. The molecule has 38 heavy (non-hydrogen) atoms. The van der Waals surface area contributed by atoms with Crippen molar-refractivity contribution >= 4 is 40.1 Å². The molecule has 0 unspecified atom stereocenters. The van der Waals surface area contributed by atoms with Gasteiger partial charge in [0.2, 0.25) is 11.8 Å². The average molecular weight is 538 g/mol. The number of aryl methyl sites for hydroxylation is 1. The van der Waals surface area contributed by atoms with E-state index in [4.69, 9.17) is 16.7 Å². The largest absolute Gasteiger partial charge is 0.348 e. The van der Waals surface area contributed by atoms with Gasteiger partial charge < -0.3 is 14.7 Å². The molecule has 9 nitrogen and oxygen atoms in total. The summed E-state index contributed by atoms with van der Waals surface area (Å²) < 4.78 is 2.15. The van der Waals surface area contributed by atoms with Gasteiger partial charge in [0.25, 0.3) is 0 Å². The van der Waals surface area contributed by atoms with Gasteiger partial charge in [-0.05, 0) is 50.8 Å². The number of nitrogens with zero attached hydrogens (tertiary/aromatic N) is 6. The van der Waals surface area contributed by atoms with Gasteiger partial charge in [-0.3, -0.25) is 19.4 Å². The summed E-state index contributed by atoms with van der Waals surface area (Å²) in [5, 5.41) is 14.4. The summed E-state index contributed by atoms with van der Waals surface area (Å²) in [5.74, 6) is 0.981. The maximum Gasteiger partial charge on any atom is 0.245 e. The number of piperazine rings is 1. The van der Waals surface area contributed by atoms with E-state index in [2.05, 4.69) is 40.2 Å². The molecule has 2 aliphatic rings. The molecule has 2 saturated heterocycles. The lowest BCUT2D eigenvalue weighted by Gasteiger charge is -2.41. The second-order valence-corrected chi connectivity index (χ2v) is 10.8.